The molecule has 1 N–H and O–H groups in total. The van der Waals surface area contributed by atoms with Crippen LogP contribution in [0.3, 0.4) is 0 Å². The van der Waals surface area contributed by atoms with Gasteiger partial charge in [-0.2, -0.15) is 4.39 Å². The van der Waals surface area contributed by atoms with E-state index in [2.05, 4.69) is 12.2 Å². The lowest BCUT2D eigenvalue weighted by molar-refractivity contribution is -0.387. The van der Waals surface area contributed by atoms with E-state index < -0.39 is 16.4 Å². The first-order chi connectivity index (χ1) is 9.08. The number of nitrogens with zero attached hydrogens (tertiary/aromatic N) is 1. The van der Waals surface area contributed by atoms with Gasteiger partial charge in [-0.05, 0) is 24.7 Å². The second-order valence-corrected chi connectivity index (χ2v) is 5.36. The molecular weight excluding hydrogens is 247 g/mol. The zero-order valence-electron chi connectivity index (χ0n) is 11.1. The fourth-order valence-corrected chi connectivity index (χ4v) is 2.53. The van der Waals surface area contributed by atoms with Crippen LogP contribution in [0.1, 0.15) is 38.2 Å². The van der Waals surface area contributed by atoms with Crippen molar-refractivity contribution in [2.24, 2.45) is 5.41 Å². The molecule has 0 heterocycles. The first-order valence-corrected chi connectivity index (χ1v) is 6.70. The van der Waals surface area contributed by atoms with Gasteiger partial charge in [0.15, 0.2) is 0 Å². The number of nitrogens with one attached hydrogen (secondary N) is 1. The third-order valence-corrected chi connectivity index (χ3v) is 3.81. The Kier molecular flexibility index (Phi) is 4.14. The van der Waals surface area contributed by atoms with E-state index in [1.54, 1.807) is 6.07 Å². The SMILES string of the molecule is CCCC1(CNCc2cccc([N+](=O)[O-])c2F)CC1. The van der Waals surface area contributed by atoms with E-state index in [-0.39, 0.29) is 0 Å². The zero-order chi connectivity index (χ0) is 13.9. The average molecular weight is 266 g/mol. The molecule has 0 radical (unpaired) electrons. The fraction of sp³-hybridized carbons (Fsp3) is 0.571. The highest BCUT2D eigenvalue weighted by atomic mass is 19.1. The minimum Gasteiger partial charge on any atom is -0.312 e. The molecule has 19 heavy (non-hydrogen) atoms. The molecule has 104 valence electrons. The van der Waals surface area contributed by atoms with Crippen LogP contribution in [0.25, 0.3) is 0 Å². The van der Waals surface area contributed by atoms with E-state index in [1.165, 1.54) is 31.4 Å². The van der Waals surface area contributed by atoms with Crippen molar-refractivity contribution in [2.75, 3.05) is 6.54 Å². The molecule has 1 aromatic carbocycles. The lowest BCUT2D eigenvalue weighted by Crippen LogP contribution is -2.24. The molecule has 0 aromatic heterocycles. The van der Waals surface area contributed by atoms with Crippen LogP contribution in [0.15, 0.2) is 18.2 Å². The Hall–Kier alpha value is -1.49. The summed E-state index contributed by atoms with van der Waals surface area (Å²) >= 11 is 0. The molecule has 0 aliphatic heterocycles. The Morgan fingerprint density at radius 1 is 1.47 bits per heavy atom. The average Bonchev–Trinajstić information content (AvgIpc) is 3.11. The molecular formula is C14H19FN2O2. The summed E-state index contributed by atoms with van der Waals surface area (Å²) in [5, 5.41) is 13.9. The summed E-state index contributed by atoms with van der Waals surface area (Å²) in [4.78, 5) is 9.97. The number of benzene rings is 1. The summed E-state index contributed by atoms with van der Waals surface area (Å²) in [5.41, 5.74) is 0.307. The minimum absolute atomic E-state index is 0.346. The summed E-state index contributed by atoms with van der Waals surface area (Å²) in [6, 6.07) is 4.31. The molecule has 0 bridgehead atoms. The van der Waals surface area contributed by atoms with Crippen molar-refractivity contribution in [3.05, 3.63) is 39.7 Å². The Balaban J connectivity index is 1.93. The van der Waals surface area contributed by atoms with Crippen LogP contribution in [0, 0.1) is 21.3 Å². The molecule has 1 aliphatic rings. The van der Waals surface area contributed by atoms with Crippen molar-refractivity contribution in [1.29, 1.82) is 0 Å². The number of hydrogen-bond donors (Lipinski definition) is 1. The van der Waals surface area contributed by atoms with Crippen LogP contribution in [-0.4, -0.2) is 11.5 Å². The van der Waals surface area contributed by atoms with Gasteiger partial charge in [0.2, 0.25) is 5.82 Å². The Morgan fingerprint density at radius 3 is 2.79 bits per heavy atom. The van der Waals surface area contributed by atoms with E-state index in [0.29, 0.717) is 17.5 Å². The lowest BCUT2D eigenvalue weighted by atomic mass is 10.0. The second kappa shape index (κ2) is 5.65. The molecule has 2 rings (SSSR count). The molecule has 0 atom stereocenters. The third kappa shape index (κ3) is 3.29. The lowest BCUT2D eigenvalue weighted by Gasteiger charge is -2.15. The highest BCUT2D eigenvalue weighted by molar-refractivity contribution is 5.36. The summed E-state index contributed by atoms with van der Waals surface area (Å²) in [6.45, 7) is 3.38. The van der Waals surface area contributed by atoms with Gasteiger partial charge < -0.3 is 5.32 Å². The highest BCUT2D eigenvalue weighted by Gasteiger charge is 2.40. The predicted octanol–water partition coefficient (Wildman–Crippen LogP) is 3.40. The van der Waals surface area contributed by atoms with Crippen LogP contribution in [0.4, 0.5) is 10.1 Å². The van der Waals surface area contributed by atoms with Crippen LogP contribution >= 0.6 is 0 Å². The van der Waals surface area contributed by atoms with Crippen molar-refractivity contribution in [1.82, 2.24) is 5.32 Å². The molecule has 0 saturated heterocycles. The summed E-state index contributed by atoms with van der Waals surface area (Å²) < 4.78 is 13.8. The van der Waals surface area contributed by atoms with Gasteiger partial charge in [0, 0.05) is 24.7 Å². The van der Waals surface area contributed by atoms with Gasteiger partial charge in [-0.3, -0.25) is 10.1 Å². The molecule has 0 unspecified atom stereocenters. The summed E-state index contributed by atoms with van der Waals surface area (Å²) in [6.07, 6.45) is 4.81. The molecule has 0 spiro atoms. The summed E-state index contributed by atoms with van der Waals surface area (Å²) in [7, 11) is 0. The number of nitro benzene ring substituents is 1. The molecule has 1 saturated carbocycles. The van der Waals surface area contributed by atoms with Crippen LogP contribution in [0.5, 0.6) is 0 Å². The van der Waals surface area contributed by atoms with Crippen molar-refractivity contribution in [3.63, 3.8) is 0 Å². The van der Waals surface area contributed by atoms with E-state index in [1.807, 2.05) is 0 Å². The van der Waals surface area contributed by atoms with Gasteiger partial charge in [-0.1, -0.05) is 25.5 Å². The largest absolute Gasteiger partial charge is 0.312 e. The maximum Gasteiger partial charge on any atom is 0.305 e. The van der Waals surface area contributed by atoms with Gasteiger partial charge in [0.1, 0.15) is 0 Å². The van der Waals surface area contributed by atoms with E-state index in [9.17, 15) is 14.5 Å². The first-order valence-electron chi connectivity index (χ1n) is 6.70. The van der Waals surface area contributed by atoms with Gasteiger partial charge in [-0.15, -0.1) is 0 Å². The summed E-state index contributed by atoms with van der Waals surface area (Å²) in [5.74, 6) is -0.722. The first kappa shape index (κ1) is 13.9. The molecule has 4 nitrogen and oxygen atoms in total. The monoisotopic (exact) mass is 266 g/mol. The van der Waals surface area contributed by atoms with Crippen molar-refractivity contribution in [2.45, 2.75) is 39.2 Å². The number of halogens is 1. The van der Waals surface area contributed by atoms with Gasteiger partial charge in [0.25, 0.3) is 0 Å². The van der Waals surface area contributed by atoms with E-state index in [0.717, 1.165) is 13.0 Å². The van der Waals surface area contributed by atoms with Crippen LogP contribution < -0.4 is 5.32 Å². The molecule has 0 amide bonds. The molecule has 1 aliphatic carbocycles. The molecule has 1 aromatic rings. The molecule has 1 fully saturated rings. The zero-order valence-corrected chi connectivity index (χ0v) is 11.1. The number of hydrogen-bond acceptors (Lipinski definition) is 3. The predicted molar refractivity (Wildman–Crippen MR) is 71.3 cm³/mol. The topological polar surface area (TPSA) is 55.2 Å². The quantitative estimate of drug-likeness (QED) is 0.608. The normalized spacial score (nSPS) is 16.3. The van der Waals surface area contributed by atoms with Crippen molar-refractivity contribution in [3.8, 4) is 0 Å². The van der Waals surface area contributed by atoms with Gasteiger partial charge in [-0.25, -0.2) is 0 Å². The Bertz CT molecular complexity index is 473. The smallest absolute Gasteiger partial charge is 0.305 e. The fourth-order valence-electron chi connectivity index (χ4n) is 2.53. The van der Waals surface area contributed by atoms with E-state index >= 15 is 0 Å². The number of nitro groups is 1. The second-order valence-electron chi connectivity index (χ2n) is 5.36. The minimum atomic E-state index is -0.722. The van der Waals surface area contributed by atoms with Crippen LogP contribution in [0.2, 0.25) is 0 Å². The maximum atomic E-state index is 13.8. The Labute approximate surface area is 112 Å². The van der Waals surface area contributed by atoms with Gasteiger partial charge >= 0.3 is 5.69 Å². The van der Waals surface area contributed by atoms with Crippen molar-refractivity contribution >= 4 is 5.69 Å². The van der Waals surface area contributed by atoms with Gasteiger partial charge in [0.05, 0.1) is 4.92 Å². The Morgan fingerprint density at radius 2 is 2.21 bits per heavy atom. The van der Waals surface area contributed by atoms with E-state index in [4.69, 9.17) is 0 Å². The maximum absolute atomic E-state index is 13.8. The highest BCUT2D eigenvalue weighted by Crippen LogP contribution is 2.48. The number of rotatable bonds is 7. The van der Waals surface area contributed by atoms with Crippen LogP contribution in [-0.2, 0) is 6.54 Å². The standard InChI is InChI=1S/C14H19FN2O2/c1-2-6-14(7-8-14)10-16-9-11-4-3-5-12(13(11)15)17(18)19/h3-5,16H,2,6-10H2,1H3. The molecule has 5 heteroatoms. The third-order valence-electron chi connectivity index (χ3n) is 3.81. The van der Waals surface area contributed by atoms with Crippen molar-refractivity contribution < 1.29 is 9.31 Å².